The van der Waals surface area contributed by atoms with Crippen molar-refractivity contribution >= 4 is 47.1 Å². The minimum atomic E-state index is -0.493. The van der Waals surface area contributed by atoms with Crippen LogP contribution in [-0.4, -0.2) is 17.9 Å². The second-order valence-electron chi connectivity index (χ2n) is 4.55. The van der Waals surface area contributed by atoms with Gasteiger partial charge in [-0.05, 0) is 29.8 Å². The lowest BCUT2D eigenvalue weighted by Gasteiger charge is -2.02. The molecule has 2 aromatic rings. The largest absolute Gasteiger partial charge is 0.272 e. The molecule has 0 saturated heterocycles. The molecule has 0 bridgehead atoms. The number of nitrogens with one attached hydrogen (secondary N) is 1. The van der Waals surface area contributed by atoms with Gasteiger partial charge in [-0.2, -0.15) is 5.10 Å². The number of halogens is 3. The fraction of sp³-hybridized carbons (Fsp3) is 0.125. The molecule has 23 heavy (non-hydrogen) atoms. The molecule has 7 heteroatoms. The summed E-state index contributed by atoms with van der Waals surface area (Å²) in [6.45, 7) is 0. The highest BCUT2D eigenvalue weighted by molar-refractivity contribution is 7.99. The molecule has 0 unspecified atom stereocenters. The van der Waals surface area contributed by atoms with E-state index in [0.717, 1.165) is 5.56 Å². The lowest BCUT2D eigenvalue weighted by atomic mass is 10.2. The van der Waals surface area contributed by atoms with E-state index in [-0.39, 0.29) is 22.2 Å². The Kier molecular flexibility index (Phi) is 6.89. The van der Waals surface area contributed by atoms with E-state index in [4.69, 9.17) is 23.2 Å². The smallest absolute Gasteiger partial charge is 0.250 e. The second-order valence-corrected chi connectivity index (χ2v) is 6.38. The van der Waals surface area contributed by atoms with Gasteiger partial charge >= 0.3 is 0 Å². The summed E-state index contributed by atoms with van der Waals surface area (Å²) in [5.41, 5.74) is 3.56. The number of carbonyl (C=O) groups is 1. The van der Waals surface area contributed by atoms with Crippen LogP contribution in [0, 0.1) is 5.82 Å². The van der Waals surface area contributed by atoms with Gasteiger partial charge in [0.2, 0.25) is 5.91 Å². The van der Waals surface area contributed by atoms with E-state index < -0.39 is 5.82 Å². The Labute approximate surface area is 147 Å². The molecule has 1 amide bonds. The Morgan fingerprint density at radius 2 is 1.96 bits per heavy atom. The van der Waals surface area contributed by atoms with E-state index in [9.17, 15) is 9.18 Å². The molecular formula is C16H13Cl2FN2OS. The van der Waals surface area contributed by atoms with E-state index in [1.807, 2.05) is 12.1 Å². The van der Waals surface area contributed by atoms with Gasteiger partial charge < -0.3 is 0 Å². The molecule has 0 aromatic heterocycles. The maximum Gasteiger partial charge on any atom is 0.250 e. The third kappa shape index (κ3) is 5.86. The first-order valence-electron chi connectivity index (χ1n) is 6.64. The minimum Gasteiger partial charge on any atom is -0.272 e. The molecular weight excluding hydrogens is 358 g/mol. The number of amides is 1. The van der Waals surface area contributed by atoms with Crippen molar-refractivity contribution in [1.82, 2.24) is 5.43 Å². The predicted molar refractivity (Wildman–Crippen MR) is 94.8 cm³/mol. The lowest BCUT2D eigenvalue weighted by Crippen LogP contribution is -2.19. The van der Waals surface area contributed by atoms with E-state index >= 15 is 0 Å². The molecule has 1 N–H and O–H groups in total. The van der Waals surface area contributed by atoms with Crippen molar-refractivity contribution < 1.29 is 9.18 Å². The second kappa shape index (κ2) is 8.91. The van der Waals surface area contributed by atoms with Gasteiger partial charge in [-0.1, -0.05) is 41.4 Å². The summed E-state index contributed by atoms with van der Waals surface area (Å²) in [5, 5.41) is 4.64. The zero-order chi connectivity index (χ0) is 16.7. The summed E-state index contributed by atoms with van der Waals surface area (Å²) in [6.07, 6.45) is 1.19. The van der Waals surface area contributed by atoms with Crippen molar-refractivity contribution in [3.63, 3.8) is 0 Å². The molecule has 120 valence electrons. The lowest BCUT2D eigenvalue weighted by molar-refractivity contribution is -0.118. The minimum absolute atomic E-state index is 0.142. The van der Waals surface area contributed by atoms with Crippen LogP contribution in [0.4, 0.5) is 4.39 Å². The number of hydrazone groups is 1. The van der Waals surface area contributed by atoms with Gasteiger partial charge in [0.25, 0.3) is 0 Å². The summed E-state index contributed by atoms with van der Waals surface area (Å²) in [5.74, 6) is 0.165. The average molecular weight is 371 g/mol. The van der Waals surface area contributed by atoms with Crippen molar-refractivity contribution in [2.75, 3.05) is 5.75 Å². The molecule has 0 aliphatic carbocycles. The summed E-state index contributed by atoms with van der Waals surface area (Å²) < 4.78 is 13.5. The molecule has 0 fully saturated rings. The first-order valence-corrected chi connectivity index (χ1v) is 8.55. The van der Waals surface area contributed by atoms with E-state index in [1.54, 1.807) is 18.2 Å². The van der Waals surface area contributed by atoms with Crippen LogP contribution >= 0.6 is 35.0 Å². The maximum absolute atomic E-state index is 13.5. The van der Waals surface area contributed by atoms with Crippen LogP contribution in [-0.2, 0) is 10.5 Å². The fourth-order valence-electron chi connectivity index (χ4n) is 1.68. The summed E-state index contributed by atoms with van der Waals surface area (Å²) in [4.78, 5) is 11.7. The van der Waals surface area contributed by atoms with Crippen LogP contribution in [0.25, 0.3) is 0 Å². The van der Waals surface area contributed by atoms with Gasteiger partial charge in [0, 0.05) is 16.3 Å². The molecule has 2 aromatic carbocycles. The van der Waals surface area contributed by atoms with Gasteiger partial charge in [0.15, 0.2) is 0 Å². The van der Waals surface area contributed by atoms with E-state index in [0.29, 0.717) is 10.8 Å². The van der Waals surface area contributed by atoms with Crippen LogP contribution in [0.3, 0.4) is 0 Å². The quantitative estimate of drug-likeness (QED) is 0.599. The Bertz CT molecular complexity index is 687. The summed E-state index contributed by atoms with van der Waals surface area (Å²) in [6, 6.07) is 11.8. The molecule has 0 radical (unpaired) electrons. The number of hydrogen-bond acceptors (Lipinski definition) is 3. The number of benzene rings is 2. The number of nitrogens with zero attached hydrogens (tertiary/aromatic N) is 1. The van der Waals surface area contributed by atoms with Crippen LogP contribution in [0.1, 0.15) is 11.1 Å². The van der Waals surface area contributed by atoms with Gasteiger partial charge in [-0.25, -0.2) is 9.82 Å². The normalized spacial score (nSPS) is 10.9. The highest BCUT2D eigenvalue weighted by Crippen LogP contribution is 2.17. The van der Waals surface area contributed by atoms with Gasteiger partial charge in [-0.15, -0.1) is 11.8 Å². The molecule has 0 spiro atoms. The Morgan fingerprint density at radius 1 is 1.22 bits per heavy atom. The van der Waals surface area contributed by atoms with Crippen LogP contribution < -0.4 is 5.43 Å². The van der Waals surface area contributed by atoms with Crippen molar-refractivity contribution in [3.05, 3.63) is 69.5 Å². The zero-order valence-electron chi connectivity index (χ0n) is 11.9. The third-order valence-electron chi connectivity index (χ3n) is 2.80. The first kappa shape index (κ1) is 17.8. The zero-order valence-corrected chi connectivity index (χ0v) is 14.3. The Morgan fingerprint density at radius 3 is 2.65 bits per heavy atom. The molecule has 2 rings (SSSR count). The van der Waals surface area contributed by atoms with E-state index in [2.05, 4.69) is 10.5 Å². The Balaban J connectivity index is 1.77. The highest BCUT2D eigenvalue weighted by Gasteiger charge is 2.04. The number of rotatable bonds is 6. The van der Waals surface area contributed by atoms with Crippen LogP contribution in [0.2, 0.25) is 10.0 Å². The molecule has 0 atom stereocenters. The topological polar surface area (TPSA) is 41.5 Å². The molecule has 0 aliphatic rings. The van der Waals surface area contributed by atoms with Crippen molar-refractivity contribution in [1.29, 1.82) is 0 Å². The maximum atomic E-state index is 13.5. The predicted octanol–water partition coefficient (Wildman–Crippen LogP) is 4.52. The SMILES string of the molecule is O=C(CSCc1ccc(Cl)cc1)N/N=C\c1c(F)cccc1Cl. The Hall–Kier alpha value is -1.56. The van der Waals surface area contributed by atoms with Gasteiger partial charge in [0.05, 0.1) is 17.0 Å². The van der Waals surface area contributed by atoms with Gasteiger partial charge in [0.1, 0.15) is 5.82 Å². The van der Waals surface area contributed by atoms with Crippen molar-refractivity contribution in [2.24, 2.45) is 5.10 Å². The first-order chi connectivity index (χ1) is 11.1. The van der Waals surface area contributed by atoms with Crippen molar-refractivity contribution in [2.45, 2.75) is 5.75 Å². The van der Waals surface area contributed by atoms with Gasteiger partial charge in [-0.3, -0.25) is 4.79 Å². The number of hydrogen-bond donors (Lipinski definition) is 1. The fourth-order valence-corrected chi connectivity index (χ4v) is 2.80. The molecule has 0 aliphatic heterocycles. The van der Waals surface area contributed by atoms with E-state index in [1.165, 1.54) is 30.1 Å². The highest BCUT2D eigenvalue weighted by atomic mass is 35.5. The average Bonchev–Trinajstić information content (AvgIpc) is 2.52. The molecule has 0 heterocycles. The number of thioether (sulfide) groups is 1. The summed E-state index contributed by atoms with van der Waals surface area (Å²) in [7, 11) is 0. The number of carbonyl (C=O) groups excluding carboxylic acids is 1. The monoisotopic (exact) mass is 370 g/mol. The molecule has 0 saturated carbocycles. The molecule has 3 nitrogen and oxygen atoms in total. The van der Waals surface area contributed by atoms with Crippen LogP contribution in [0.5, 0.6) is 0 Å². The van der Waals surface area contributed by atoms with Crippen LogP contribution in [0.15, 0.2) is 47.6 Å². The third-order valence-corrected chi connectivity index (χ3v) is 4.38. The van der Waals surface area contributed by atoms with Crippen molar-refractivity contribution in [3.8, 4) is 0 Å². The summed E-state index contributed by atoms with van der Waals surface area (Å²) >= 11 is 13.1. The standard InChI is InChI=1S/C16H13Cl2FN2OS/c17-12-6-4-11(5-7-12)9-23-10-16(22)21-20-8-13-14(18)2-1-3-15(13)19/h1-8H,9-10H2,(H,21,22)/b20-8-.